The molecular weight excluding hydrogens is 431 g/mol. The lowest BCUT2D eigenvalue weighted by molar-refractivity contribution is -0.139. The van der Waals surface area contributed by atoms with E-state index in [-0.39, 0.29) is 11.9 Å². The number of halogens is 3. The second-order valence-corrected chi connectivity index (χ2v) is 8.91. The van der Waals surface area contributed by atoms with Crippen molar-refractivity contribution in [1.82, 2.24) is 24.0 Å². The Morgan fingerprint density at radius 3 is 2.71 bits per heavy atom. The van der Waals surface area contributed by atoms with Crippen LogP contribution in [0.2, 0.25) is 0 Å². The molecule has 2 aliphatic rings. The van der Waals surface area contributed by atoms with Crippen molar-refractivity contribution in [3.05, 3.63) is 24.2 Å². The molecule has 5 rings (SSSR count). The number of nitrogens with one attached hydrogen (secondary N) is 1. The maximum Gasteiger partial charge on any atom is 0.392 e. The van der Waals surface area contributed by atoms with E-state index in [1.807, 2.05) is 6.92 Å². The van der Waals surface area contributed by atoms with E-state index < -0.39 is 19.2 Å². The molecule has 0 aromatic carbocycles. The van der Waals surface area contributed by atoms with Crippen molar-refractivity contribution in [2.75, 3.05) is 29.9 Å². The largest absolute Gasteiger partial charge is 0.475 e. The van der Waals surface area contributed by atoms with Gasteiger partial charge in [0.15, 0.2) is 0 Å². The number of aryl methyl sites for hydroxylation is 1. The molecular formula is C19H22F3N7OS. The van der Waals surface area contributed by atoms with Gasteiger partial charge in [-0.2, -0.15) is 22.5 Å². The van der Waals surface area contributed by atoms with Gasteiger partial charge in [0.2, 0.25) is 11.6 Å². The summed E-state index contributed by atoms with van der Waals surface area (Å²) in [6, 6.07) is 2.39. The maximum atomic E-state index is 12.4. The SMILES string of the molecule is Cc1cc(N2CC3CCC(C2)C3Nc2nc3c(OCCC(F)(F)F)nccn3n2)sn1. The molecule has 4 heterocycles. The van der Waals surface area contributed by atoms with Crippen LogP contribution in [0.1, 0.15) is 25.0 Å². The fourth-order valence-corrected chi connectivity index (χ4v) is 5.29. The predicted octanol–water partition coefficient (Wildman–Crippen LogP) is 3.55. The van der Waals surface area contributed by atoms with Gasteiger partial charge in [-0.05, 0) is 49.2 Å². The molecule has 3 aromatic rings. The van der Waals surface area contributed by atoms with Crippen LogP contribution in [0.3, 0.4) is 0 Å². The lowest BCUT2D eigenvalue weighted by Crippen LogP contribution is -2.48. The summed E-state index contributed by atoms with van der Waals surface area (Å²) in [5.41, 5.74) is 1.35. The van der Waals surface area contributed by atoms with E-state index in [0.717, 1.165) is 31.6 Å². The topological polar surface area (TPSA) is 80.5 Å². The standard InChI is InChI=1S/C19H22F3N7OS/c1-11-8-14(31-27-11)28-9-12-2-3-13(10-28)15(12)24-18-25-16-17(23-5-6-29(16)26-18)30-7-4-19(20,21)22/h5-6,8,12-13,15H,2-4,7,9-10H2,1H3,(H,24,26). The van der Waals surface area contributed by atoms with Crippen LogP contribution in [-0.4, -0.2) is 55.9 Å². The average Bonchev–Trinajstić information content (AvgIpc) is 3.37. The fraction of sp³-hybridized carbons (Fsp3) is 0.579. The first-order valence-electron chi connectivity index (χ1n) is 10.2. The summed E-state index contributed by atoms with van der Waals surface area (Å²) in [7, 11) is 0. The van der Waals surface area contributed by atoms with Crippen molar-refractivity contribution < 1.29 is 17.9 Å². The molecule has 0 radical (unpaired) electrons. The average molecular weight is 453 g/mol. The molecule has 2 atom stereocenters. The van der Waals surface area contributed by atoms with Crippen LogP contribution in [0, 0.1) is 18.8 Å². The number of hydrogen-bond donors (Lipinski definition) is 1. The van der Waals surface area contributed by atoms with Crippen LogP contribution >= 0.6 is 11.5 Å². The lowest BCUT2D eigenvalue weighted by Gasteiger charge is -2.38. The van der Waals surface area contributed by atoms with E-state index in [1.54, 1.807) is 17.7 Å². The molecule has 0 spiro atoms. The number of nitrogens with zero attached hydrogens (tertiary/aromatic N) is 6. The van der Waals surface area contributed by atoms with Crippen LogP contribution in [0.5, 0.6) is 5.88 Å². The van der Waals surface area contributed by atoms with Crippen molar-refractivity contribution >= 4 is 28.1 Å². The number of hydrogen-bond acceptors (Lipinski definition) is 8. The van der Waals surface area contributed by atoms with Crippen LogP contribution in [-0.2, 0) is 0 Å². The van der Waals surface area contributed by atoms with Crippen molar-refractivity contribution in [2.24, 2.45) is 11.8 Å². The van der Waals surface area contributed by atoms with E-state index in [4.69, 9.17) is 4.74 Å². The lowest BCUT2D eigenvalue weighted by atomic mass is 9.92. The molecule has 2 bridgehead atoms. The van der Waals surface area contributed by atoms with E-state index in [0.29, 0.717) is 23.4 Å². The summed E-state index contributed by atoms with van der Waals surface area (Å²) in [6.07, 6.45) is -0.0105. The summed E-state index contributed by atoms with van der Waals surface area (Å²) >= 11 is 1.54. The van der Waals surface area contributed by atoms with Crippen LogP contribution in [0.15, 0.2) is 18.5 Å². The van der Waals surface area contributed by atoms with Crippen LogP contribution in [0.4, 0.5) is 24.1 Å². The van der Waals surface area contributed by atoms with E-state index >= 15 is 0 Å². The Kier molecular flexibility index (Phi) is 5.11. The van der Waals surface area contributed by atoms with E-state index in [9.17, 15) is 13.2 Å². The zero-order valence-corrected chi connectivity index (χ0v) is 17.7. The minimum absolute atomic E-state index is 0.0469. The molecule has 3 aromatic heterocycles. The molecule has 31 heavy (non-hydrogen) atoms. The molecule has 1 saturated heterocycles. The molecule has 8 nitrogen and oxygen atoms in total. The van der Waals surface area contributed by atoms with Gasteiger partial charge in [-0.3, -0.25) is 0 Å². The minimum atomic E-state index is -4.28. The number of piperidine rings is 1. The predicted molar refractivity (Wildman–Crippen MR) is 110 cm³/mol. The summed E-state index contributed by atoms with van der Waals surface area (Å²) in [5, 5.41) is 9.12. The molecule has 2 unspecified atom stereocenters. The summed E-state index contributed by atoms with van der Waals surface area (Å²) in [4.78, 5) is 10.9. The third kappa shape index (κ3) is 4.25. The van der Waals surface area contributed by atoms with Gasteiger partial charge in [0.05, 0.1) is 18.7 Å². The Labute approximate surface area is 180 Å². The third-order valence-electron chi connectivity index (χ3n) is 5.90. The Morgan fingerprint density at radius 2 is 2.03 bits per heavy atom. The van der Waals surface area contributed by atoms with Crippen molar-refractivity contribution in [1.29, 1.82) is 0 Å². The highest BCUT2D eigenvalue weighted by atomic mass is 32.1. The molecule has 2 fully saturated rings. The Hall–Kier alpha value is -2.63. The summed E-state index contributed by atoms with van der Waals surface area (Å²) in [5.74, 6) is 1.42. The fourth-order valence-electron chi connectivity index (χ4n) is 4.51. The Morgan fingerprint density at radius 1 is 1.26 bits per heavy atom. The van der Waals surface area contributed by atoms with Gasteiger partial charge in [-0.15, -0.1) is 5.10 Å². The van der Waals surface area contributed by atoms with E-state index in [1.165, 1.54) is 15.7 Å². The van der Waals surface area contributed by atoms with Gasteiger partial charge in [-0.25, -0.2) is 9.50 Å². The van der Waals surface area contributed by atoms with Crippen molar-refractivity contribution in [3.8, 4) is 5.88 Å². The first-order chi connectivity index (χ1) is 14.9. The molecule has 12 heteroatoms. The van der Waals surface area contributed by atoms with Crippen molar-refractivity contribution in [3.63, 3.8) is 0 Å². The molecule has 1 aliphatic heterocycles. The molecule has 0 amide bonds. The first kappa shape index (κ1) is 20.3. The van der Waals surface area contributed by atoms with Gasteiger partial charge in [0.1, 0.15) is 5.00 Å². The zero-order valence-electron chi connectivity index (χ0n) is 16.8. The second kappa shape index (κ2) is 7.81. The summed E-state index contributed by atoms with van der Waals surface area (Å²) < 4.78 is 48.3. The maximum absolute atomic E-state index is 12.4. The Balaban J connectivity index is 1.28. The smallest absolute Gasteiger partial charge is 0.392 e. The Bertz CT molecular complexity index is 1050. The number of fused-ring (bicyclic) bond motifs is 3. The molecule has 1 aliphatic carbocycles. The van der Waals surface area contributed by atoms with Gasteiger partial charge in [-0.1, -0.05) is 0 Å². The number of ether oxygens (including phenoxy) is 1. The highest BCUT2D eigenvalue weighted by molar-refractivity contribution is 7.10. The van der Waals surface area contributed by atoms with Crippen LogP contribution in [0.25, 0.3) is 5.65 Å². The monoisotopic (exact) mass is 453 g/mol. The first-order valence-corrected chi connectivity index (χ1v) is 11.0. The van der Waals surface area contributed by atoms with Gasteiger partial charge >= 0.3 is 6.18 Å². The molecule has 1 saturated carbocycles. The van der Waals surface area contributed by atoms with Gasteiger partial charge in [0.25, 0.3) is 5.88 Å². The van der Waals surface area contributed by atoms with Gasteiger partial charge in [0, 0.05) is 31.5 Å². The number of aromatic nitrogens is 5. The minimum Gasteiger partial charge on any atom is -0.475 e. The van der Waals surface area contributed by atoms with Crippen LogP contribution < -0.4 is 15.0 Å². The highest BCUT2D eigenvalue weighted by Gasteiger charge is 2.43. The quantitative estimate of drug-likeness (QED) is 0.611. The highest BCUT2D eigenvalue weighted by Crippen LogP contribution is 2.41. The van der Waals surface area contributed by atoms with Gasteiger partial charge < -0.3 is 15.0 Å². The normalized spacial score (nSPS) is 23.5. The molecule has 1 N–H and O–H groups in total. The number of anilines is 2. The molecule has 166 valence electrons. The summed E-state index contributed by atoms with van der Waals surface area (Å²) in [6.45, 7) is 3.41. The number of rotatable bonds is 6. The van der Waals surface area contributed by atoms with Crippen molar-refractivity contribution in [2.45, 2.75) is 38.4 Å². The second-order valence-electron chi connectivity index (χ2n) is 8.13. The van der Waals surface area contributed by atoms with E-state index in [2.05, 4.69) is 35.7 Å². The number of alkyl halides is 3. The third-order valence-corrected chi connectivity index (χ3v) is 6.85. The zero-order chi connectivity index (χ0) is 21.6.